The first-order valence-electron chi connectivity index (χ1n) is 9.18. The number of benzene rings is 4. The molecule has 0 radical (unpaired) electrons. The molecule has 4 rings (SSSR count). The van der Waals surface area contributed by atoms with Crippen molar-refractivity contribution < 1.29 is 0 Å². The van der Waals surface area contributed by atoms with Crippen LogP contribution in [0.2, 0.25) is 15.1 Å². The topological polar surface area (TPSA) is 0 Å². The standard InChI is InChI=1S/C26H17Cl3/c27-22-10-3-18(4-11-22)1-2-19-5-16-25(20-6-12-23(28)13-7-20)26(17-19)21-8-14-24(29)15-9-21/h1-17H/b2-1+. The van der Waals surface area contributed by atoms with Crippen LogP contribution in [0.5, 0.6) is 0 Å². The molecule has 0 heterocycles. The van der Waals surface area contributed by atoms with Crippen molar-refractivity contribution in [1.29, 1.82) is 0 Å². The van der Waals surface area contributed by atoms with E-state index in [4.69, 9.17) is 34.8 Å². The lowest BCUT2D eigenvalue weighted by Gasteiger charge is -2.12. The molecular formula is C26H17Cl3. The van der Waals surface area contributed by atoms with Crippen LogP contribution in [-0.2, 0) is 0 Å². The Kier molecular flexibility index (Phi) is 6.06. The third kappa shape index (κ3) is 4.92. The summed E-state index contributed by atoms with van der Waals surface area (Å²) in [5, 5.41) is 2.18. The van der Waals surface area contributed by atoms with Crippen LogP contribution in [0.4, 0.5) is 0 Å². The van der Waals surface area contributed by atoms with Crippen molar-refractivity contribution in [2.45, 2.75) is 0 Å². The minimum absolute atomic E-state index is 0.723. The fraction of sp³-hybridized carbons (Fsp3) is 0. The highest BCUT2D eigenvalue weighted by Crippen LogP contribution is 2.34. The van der Waals surface area contributed by atoms with Crippen molar-refractivity contribution >= 4 is 47.0 Å². The summed E-state index contributed by atoms with van der Waals surface area (Å²) in [7, 11) is 0. The van der Waals surface area contributed by atoms with Crippen molar-refractivity contribution in [2.75, 3.05) is 0 Å². The lowest BCUT2D eigenvalue weighted by Crippen LogP contribution is -1.87. The van der Waals surface area contributed by atoms with Crippen LogP contribution in [0.1, 0.15) is 11.1 Å². The largest absolute Gasteiger partial charge is 0.0843 e. The van der Waals surface area contributed by atoms with Gasteiger partial charge in [0.05, 0.1) is 0 Å². The fourth-order valence-electron chi connectivity index (χ4n) is 3.18. The normalized spacial score (nSPS) is 11.1. The van der Waals surface area contributed by atoms with Crippen LogP contribution in [0, 0.1) is 0 Å². The molecule has 0 aromatic heterocycles. The molecular weight excluding hydrogens is 419 g/mol. The van der Waals surface area contributed by atoms with Gasteiger partial charge in [0.1, 0.15) is 0 Å². The fourth-order valence-corrected chi connectivity index (χ4v) is 3.56. The molecule has 0 aliphatic rings. The Morgan fingerprint density at radius 1 is 0.414 bits per heavy atom. The molecule has 142 valence electrons. The predicted molar refractivity (Wildman–Crippen MR) is 128 cm³/mol. The Morgan fingerprint density at radius 2 is 0.828 bits per heavy atom. The van der Waals surface area contributed by atoms with Gasteiger partial charge in [0.25, 0.3) is 0 Å². The SMILES string of the molecule is Clc1ccc(/C=C/c2ccc(-c3ccc(Cl)cc3)c(-c3ccc(Cl)cc3)c2)cc1. The van der Waals surface area contributed by atoms with Crippen LogP contribution in [0.25, 0.3) is 34.4 Å². The van der Waals surface area contributed by atoms with Gasteiger partial charge in [0, 0.05) is 15.1 Å². The number of halogens is 3. The Balaban J connectivity index is 1.77. The number of hydrogen-bond acceptors (Lipinski definition) is 0. The van der Waals surface area contributed by atoms with Crippen LogP contribution < -0.4 is 0 Å². The summed E-state index contributed by atoms with van der Waals surface area (Å²) in [6.45, 7) is 0. The Morgan fingerprint density at radius 3 is 1.38 bits per heavy atom. The first-order valence-corrected chi connectivity index (χ1v) is 10.3. The third-order valence-corrected chi connectivity index (χ3v) is 5.45. The summed E-state index contributed by atoms with van der Waals surface area (Å²) in [6.07, 6.45) is 4.19. The van der Waals surface area contributed by atoms with Crippen LogP contribution in [0.15, 0.2) is 91.0 Å². The maximum Gasteiger partial charge on any atom is 0.0406 e. The average molecular weight is 436 g/mol. The van der Waals surface area contributed by atoms with E-state index in [9.17, 15) is 0 Å². The average Bonchev–Trinajstić information content (AvgIpc) is 2.74. The molecule has 0 aliphatic carbocycles. The first kappa shape index (κ1) is 19.8. The monoisotopic (exact) mass is 434 g/mol. The molecule has 3 heteroatoms. The molecule has 0 saturated carbocycles. The van der Waals surface area contributed by atoms with E-state index in [0.717, 1.165) is 48.4 Å². The van der Waals surface area contributed by atoms with Gasteiger partial charge < -0.3 is 0 Å². The maximum absolute atomic E-state index is 6.10. The van der Waals surface area contributed by atoms with Gasteiger partial charge in [-0.2, -0.15) is 0 Å². The third-order valence-electron chi connectivity index (χ3n) is 4.69. The molecule has 0 unspecified atom stereocenters. The van der Waals surface area contributed by atoms with Gasteiger partial charge in [-0.25, -0.2) is 0 Å². The van der Waals surface area contributed by atoms with Crippen molar-refractivity contribution in [3.63, 3.8) is 0 Å². The van der Waals surface area contributed by atoms with Gasteiger partial charge in [0.2, 0.25) is 0 Å². The molecule has 0 aliphatic heterocycles. The van der Waals surface area contributed by atoms with Gasteiger partial charge in [0.15, 0.2) is 0 Å². The van der Waals surface area contributed by atoms with Gasteiger partial charge in [-0.1, -0.05) is 95.5 Å². The van der Waals surface area contributed by atoms with Gasteiger partial charge in [-0.3, -0.25) is 0 Å². The Hall–Kier alpha value is -2.51. The minimum Gasteiger partial charge on any atom is -0.0843 e. The molecule has 0 amide bonds. The minimum atomic E-state index is 0.723. The van der Waals surface area contributed by atoms with E-state index in [1.54, 1.807) is 0 Å². The Bertz CT molecular complexity index is 1140. The molecule has 0 N–H and O–H groups in total. The first-order chi connectivity index (χ1) is 14.1. The summed E-state index contributed by atoms with van der Waals surface area (Å²) >= 11 is 18.1. The summed E-state index contributed by atoms with van der Waals surface area (Å²) < 4.78 is 0. The Labute approximate surface area is 186 Å². The van der Waals surface area contributed by atoms with Crippen molar-refractivity contribution in [3.8, 4) is 22.3 Å². The van der Waals surface area contributed by atoms with Crippen LogP contribution in [0.3, 0.4) is 0 Å². The highest BCUT2D eigenvalue weighted by Gasteiger charge is 2.09. The molecule has 29 heavy (non-hydrogen) atoms. The van der Waals surface area contributed by atoms with E-state index in [-0.39, 0.29) is 0 Å². The summed E-state index contributed by atoms with van der Waals surface area (Å²) in [5.74, 6) is 0. The highest BCUT2D eigenvalue weighted by atomic mass is 35.5. The molecule has 0 fully saturated rings. The second-order valence-corrected chi connectivity index (χ2v) is 8.01. The molecule has 0 saturated heterocycles. The van der Waals surface area contributed by atoms with E-state index < -0.39 is 0 Å². The van der Waals surface area contributed by atoms with Gasteiger partial charge >= 0.3 is 0 Å². The smallest absolute Gasteiger partial charge is 0.0406 e. The molecule has 4 aromatic rings. The van der Waals surface area contributed by atoms with Crippen molar-refractivity contribution in [3.05, 3.63) is 117 Å². The second kappa shape index (κ2) is 8.88. The second-order valence-electron chi connectivity index (χ2n) is 6.70. The zero-order valence-electron chi connectivity index (χ0n) is 15.4. The quantitative estimate of drug-likeness (QED) is 0.280. The van der Waals surface area contributed by atoms with Crippen LogP contribution >= 0.6 is 34.8 Å². The zero-order chi connectivity index (χ0) is 20.2. The molecule has 4 aromatic carbocycles. The van der Waals surface area contributed by atoms with E-state index >= 15 is 0 Å². The van der Waals surface area contributed by atoms with E-state index in [1.165, 1.54) is 0 Å². The lowest BCUT2D eigenvalue weighted by atomic mass is 9.92. The van der Waals surface area contributed by atoms with Gasteiger partial charge in [-0.05, 0) is 75.8 Å². The summed E-state index contributed by atoms with van der Waals surface area (Å²) in [4.78, 5) is 0. The van der Waals surface area contributed by atoms with Gasteiger partial charge in [-0.15, -0.1) is 0 Å². The molecule has 0 bridgehead atoms. The van der Waals surface area contributed by atoms with E-state index in [1.807, 2.05) is 72.8 Å². The van der Waals surface area contributed by atoms with E-state index in [2.05, 4.69) is 30.4 Å². The van der Waals surface area contributed by atoms with Crippen LogP contribution in [-0.4, -0.2) is 0 Å². The van der Waals surface area contributed by atoms with Crippen molar-refractivity contribution in [1.82, 2.24) is 0 Å². The summed E-state index contributed by atoms with van der Waals surface area (Å²) in [5.41, 5.74) is 6.73. The zero-order valence-corrected chi connectivity index (χ0v) is 17.7. The number of rotatable bonds is 4. The predicted octanol–water partition coefficient (Wildman–Crippen LogP) is 9.15. The molecule has 0 atom stereocenters. The van der Waals surface area contributed by atoms with Crippen molar-refractivity contribution in [2.24, 2.45) is 0 Å². The highest BCUT2D eigenvalue weighted by molar-refractivity contribution is 6.31. The number of hydrogen-bond donors (Lipinski definition) is 0. The molecule has 0 spiro atoms. The maximum atomic E-state index is 6.10. The molecule has 0 nitrogen and oxygen atoms in total. The lowest BCUT2D eigenvalue weighted by molar-refractivity contribution is 1.56. The van der Waals surface area contributed by atoms with E-state index in [0.29, 0.717) is 0 Å². The summed E-state index contributed by atoms with van der Waals surface area (Å²) in [6, 6.07) is 30.1.